The molecule has 0 aliphatic heterocycles. The van der Waals surface area contributed by atoms with Gasteiger partial charge in [0.1, 0.15) is 0 Å². The molecule has 0 bridgehead atoms. The van der Waals surface area contributed by atoms with Gasteiger partial charge in [0.25, 0.3) is 0 Å². The molecule has 3 heteroatoms. The Kier molecular flexibility index (Phi) is 5.17. The zero-order valence-corrected chi connectivity index (χ0v) is 13.2. The predicted molar refractivity (Wildman–Crippen MR) is 82.2 cm³/mol. The number of aryl methyl sites for hydroxylation is 2. The van der Waals surface area contributed by atoms with Crippen LogP contribution < -0.4 is 0 Å². The monoisotopic (exact) mass is 279 g/mol. The molecule has 1 fully saturated rings. The summed E-state index contributed by atoms with van der Waals surface area (Å²) in [5, 5.41) is 0. The number of Topliss-reactive ketones (excluding diaryl/α,β-unsaturated/α-hetero) is 1. The van der Waals surface area contributed by atoms with Crippen molar-refractivity contribution in [1.29, 1.82) is 0 Å². The third-order valence-electron chi connectivity index (χ3n) is 4.19. The fourth-order valence-corrected chi connectivity index (χ4v) is 4.07. The van der Waals surface area contributed by atoms with Crippen LogP contribution in [0.5, 0.6) is 0 Å². The number of likely N-dealkylation sites (N-methyl/N-ethyl adjacent to an activating group) is 1. The number of carbonyl (C=O) groups excluding carboxylic acids is 1. The van der Waals surface area contributed by atoms with Gasteiger partial charge in [-0.15, -0.1) is 11.3 Å². The molecule has 1 saturated carbocycles. The minimum absolute atomic E-state index is 0.300. The molecule has 0 unspecified atom stereocenters. The topological polar surface area (TPSA) is 20.3 Å². The Hall–Kier alpha value is -0.670. The first-order chi connectivity index (χ1) is 9.11. The summed E-state index contributed by atoms with van der Waals surface area (Å²) in [7, 11) is 0. The summed E-state index contributed by atoms with van der Waals surface area (Å²) in [6, 6.07) is 2.68. The van der Waals surface area contributed by atoms with Gasteiger partial charge in [0.2, 0.25) is 0 Å². The van der Waals surface area contributed by atoms with E-state index in [1.807, 2.05) is 0 Å². The lowest BCUT2D eigenvalue weighted by molar-refractivity contribution is 0.0868. The molecule has 1 aliphatic carbocycles. The summed E-state index contributed by atoms with van der Waals surface area (Å²) in [5.41, 5.74) is 0.941. The molecule has 19 heavy (non-hydrogen) atoms. The van der Waals surface area contributed by atoms with Gasteiger partial charge in [0.15, 0.2) is 5.78 Å². The van der Waals surface area contributed by atoms with Crippen LogP contribution in [-0.2, 0) is 0 Å². The van der Waals surface area contributed by atoms with Gasteiger partial charge in [-0.05, 0) is 39.3 Å². The van der Waals surface area contributed by atoms with Gasteiger partial charge in [-0.3, -0.25) is 9.69 Å². The summed E-state index contributed by atoms with van der Waals surface area (Å²) in [5.74, 6) is 0.300. The van der Waals surface area contributed by atoms with E-state index in [1.54, 1.807) is 11.3 Å². The summed E-state index contributed by atoms with van der Waals surface area (Å²) in [6.07, 6.45) is 6.55. The SMILES string of the molecule is CCN(CC(=O)c1cc(C)sc1C)C1CCCCC1. The van der Waals surface area contributed by atoms with Crippen molar-refractivity contribution in [3.05, 3.63) is 21.4 Å². The molecule has 2 nitrogen and oxygen atoms in total. The fraction of sp³-hybridized carbons (Fsp3) is 0.688. The number of nitrogens with zero attached hydrogens (tertiary/aromatic N) is 1. The van der Waals surface area contributed by atoms with Crippen molar-refractivity contribution in [3.63, 3.8) is 0 Å². The molecule has 0 spiro atoms. The molecule has 1 aromatic rings. The van der Waals surface area contributed by atoms with E-state index in [2.05, 4.69) is 31.7 Å². The van der Waals surface area contributed by atoms with Crippen LogP contribution in [0.25, 0.3) is 0 Å². The van der Waals surface area contributed by atoms with Crippen molar-refractivity contribution in [2.24, 2.45) is 0 Å². The maximum Gasteiger partial charge on any atom is 0.177 e. The number of ketones is 1. The van der Waals surface area contributed by atoms with E-state index in [4.69, 9.17) is 0 Å². The second kappa shape index (κ2) is 6.67. The first-order valence-corrected chi connectivity index (χ1v) is 8.27. The highest BCUT2D eigenvalue weighted by molar-refractivity contribution is 7.12. The lowest BCUT2D eigenvalue weighted by atomic mass is 9.94. The molecule has 0 radical (unpaired) electrons. The van der Waals surface area contributed by atoms with E-state index in [9.17, 15) is 4.79 Å². The van der Waals surface area contributed by atoms with Gasteiger partial charge in [0.05, 0.1) is 6.54 Å². The van der Waals surface area contributed by atoms with Gasteiger partial charge in [-0.1, -0.05) is 26.2 Å². The third-order valence-corrected chi connectivity index (χ3v) is 5.15. The van der Waals surface area contributed by atoms with Gasteiger partial charge in [0, 0.05) is 21.4 Å². The Labute approximate surface area is 120 Å². The average Bonchev–Trinajstić information content (AvgIpc) is 2.76. The highest BCUT2D eigenvalue weighted by atomic mass is 32.1. The Bertz CT molecular complexity index is 432. The highest BCUT2D eigenvalue weighted by Gasteiger charge is 2.23. The van der Waals surface area contributed by atoms with E-state index in [1.165, 1.54) is 41.9 Å². The lowest BCUT2D eigenvalue weighted by Crippen LogP contribution is -2.40. The molecular formula is C16H25NOS. The number of thiophene rings is 1. The second-order valence-corrected chi connectivity index (χ2v) is 7.07. The molecule has 0 saturated heterocycles. The summed E-state index contributed by atoms with van der Waals surface area (Å²) >= 11 is 1.73. The quantitative estimate of drug-likeness (QED) is 0.753. The predicted octanol–water partition coefficient (Wildman–Crippen LogP) is 4.20. The Morgan fingerprint density at radius 2 is 2.00 bits per heavy atom. The number of rotatable bonds is 5. The van der Waals surface area contributed by atoms with Crippen molar-refractivity contribution in [3.8, 4) is 0 Å². The van der Waals surface area contributed by atoms with Crippen molar-refractivity contribution < 1.29 is 4.79 Å². The lowest BCUT2D eigenvalue weighted by Gasteiger charge is -2.32. The van der Waals surface area contributed by atoms with Gasteiger partial charge >= 0.3 is 0 Å². The van der Waals surface area contributed by atoms with Crippen molar-refractivity contribution >= 4 is 17.1 Å². The first kappa shape index (κ1) is 14.7. The van der Waals surface area contributed by atoms with Crippen LogP contribution in [0.1, 0.15) is 59.1 Å². The first-order valence-electron chi connectivity index (χ1n) is 7.46. The fourth-order valence-electron chi connectivity index (χ4n) is 3.12. The van der Waals surface area contributed by atoms with E-state index in [0.29, 0.717) is 18.4 Å². The zero-order valence-electron chi connectivity index (χ0n) is 12.4. The smallest absolute Gasteiger partial charge is 0.177 e. The standard InChI is InChI=1S/C16H25NOS/c1-4-17(14-8-6-5-7-9-14)11-16(18)15-10-12(2)19-13(15)3/h10,14H,4-9,11H2,1-3H3. The Morgan fingerprint density at radius 1 is 1.32 bits per heavy atom. The molecule has 0 N–H and O–H groups in total. The molecule has 0 aromatic carbocycles. The van der Waals surface area contributed by atoms with Gasteiger partial charge in [-0.2, -0.15) is 0 Å². The molecule has 0 atom stereocenters. The Balaban J connectivity index is 2.01. The molecule has 1 aliphatic rings. The molecule has 0 amide bonds. The Morgan fingerprint density at radius 3 is 2.53 bits per heavy atom. The van der Waals surface area contributed by atoms with E-state index >= 15 is 0 Å². The minimum atomic E-state index is 0.300. The number of hydrogen-bond acceptors (Lipinski definition) is 3. The highest BCUT2D eigenvalue weighted by Crippen LogP contribution is 2.24. The molecule has 106 valence electrons. The summed E-state index contributed by atoms with van der Waals surface area (Å²) in [6.45, 7) is 7.89. The number of carbonyl (C=O) groups is 1. The van der Waals surface area contributed by atoms with E-state index < -0.39 is 0 Å². The van der Waals surface area contributed by atoms with Crippen molar-refractivity contribution in [2.45, 2.75) is 58.9 Å². The molecule has 1 heterocycles. The van der Waals surface area contributed by atoms with E-state index in [0.717, 1.165) is 12.1 Å². The maximum atomic E-state index is 12.5. The molecule has 1 aromatic heterocycles. The molecular weight excluding hydrogens is 254 g/mol. The van der Waals surface area contributed by atoms with Crippen LogP contribution in [-0.4, -0.2) is 29.8 Å². The third kappa shape index (κ3) is 3.67. The largest absolute Gasteiger partial charge is 0.293 e. The summed E-state index contributed by atoms with van der Waals surface area (Å²) in [4.78, 5) is 17.2. The van der Waals surface area contributed by atoms with E-state index in [-0.39, 0.29) is 0 Å². The second-order valence-electron chi connectivity index (χ2n) is 5.61. The molecule has 2 rings (SSSR count). The van der Waals surface area contributed by atoms with Gasteiger partial charge < -0.3 is 0 Å². The summed E-state index contributed by atoms with van der Waals surface area (Å²) < 4.78 is 0. The van der Waals surface area contributed by atoms with Gasteiger partial charge in [-0.25, -0.2) is 0 Å². The van der Waals surface area contributed by atoms with Crippen LogP contribution in [0.4, 0.5) is 0 Å². The van der Waals surface area contributed by atoms with Crippen molar-refractivity contribution in [1.82, 2.24) is 4.90 Å². The van der Waals surface area contributed by atoms with Crippen LogP contribution in [0.3, 0.4) is 0 Å². The average molecular weight is 279 g/mol. The zero-order chi connectivity index (χ0) is 13.8. The van der Waals surface area contributed by atoms with Crippen molar-refractivity contribution in [2.75, 3.05) is 13.1 Å². The maximum absolute atomic E-state index is 12.5. The van der Waals surface area contributed by atoms with Crippen LogP contribution in [0.15, 0.2) is 6.07 Å². The minimum Gasteiger partial charge on any atom is -0.293 e. The van der Waals surface area contributed by atoms with Crippen LogP contribution in [0.2, 0.25) is 0 Å². The van der Waals surface area contributed by atoms with Crippen LogP contribution >= 0.6 is 11.3 Å². The number of hydrogen-bond donors (Lipinski definition) is 0. The normalized spacial score (nSPS) is 17.1. The van der Waals surface area contributed by atoms with Crippen LogP contribution in [0, 0.1) is 13.8 Å².